The van der Waals surface area contributed by atoms with Gasteiger partial charge in [0.15, 0.2) is 0 Å². The Morgan fingerprint density at radius 2 is 1.47 bits per heavy atom. The van der Waals surface area contributed by atoms with Gasteiger partial charge in [0.25, 0.3) is 0 Å². The highest BCUT2D eigenvalue weighted by Crippen LogP contribution is 2.40. The number of nitrogens with zero attached hydrogens (tertiary/aromatic N) is 2. The minimum atomic E-state index is -0.759. The molecular formula is C39H46N2O2. The Labute approximate surface area is 257 Å². The topological polar surface area (TPSA) is 43.8 Å². The fourth-order valence-corrected chi connectivity index (χ4v) is 7.38. The molecule has 0 saturated carbocycles. The predicted octanol–water partition coefficient (Wildman–Crippen LogP) is 8.22. The van der Waals surface area contributed by atoms with E-state index in [4.69, 9.17) is 0 Å². The standard InChI is InChI=1S/C37H42N2O2.C2H4/c40-37(41)36(34-20-10-18-30-17-7-8-19-33(30)34)39-26-32(35(27-39)31-15-5-2-6-16-31)25-38-23-21-29(22-24-38)14-9-13-28-11-3-1-4-12-28;1-2/h1-8,10-12,15-20,29,32,35-36H,9,13-14,21-27H2,(H,40,41);1-2H2/t32-,35+,36?;/m0./s1. The molecule has 0 aromatic heterocycles. The summed E-state index contributed by atoms with van der Waals surface area (Å²) in [6.45, 7) is 10.9. The molecule has 2 aliphatic heterocycles. The lowest BCUT2D eigenvalue weighted by Crippen LogP contribution is -2.39. The van der Waals surface area contributed by atoms with E-state index in [1.807, 2.05) is 24.3 Å². The molecule has 0 aliphatic carbocycles. The molecule has 2 fully saturated rings. The number of aryl methyl sites for hydroxylation is 1. The number of hydrogen-bond donors (Lipinski definition) is 1. The Morgan fingerprint density at radius 3 is 2.19 bits per heavy atom. The fourth-order valence-electron chi connectivity index (χ4n) is 7.38. The Bertz CT molecular complexity index is 1430. The first-order valence-electron chi connectivity index (χ1n) is 15.9. The molecule has 3 atom stereocenters. The van der Waals surface area contributed by atoms with E-state index in [2.05, 4.69) is 102 Å². The summed E-state index contributed by atoms with van der Waals surface area (Å²) in [4.78, 5) is 17.7. The van der Waals surface area contributed by atoms with Crippen LogP contribution in [0, 0.1) is 11.8 Å². The van der Waals surface area contributed by atoms with Crippen LogP contribution in [-0.2, 0) is 11.2 Å². The number of carbonyl (C=O) groups is 1. The summed E-state index contributed by atoms with van der Waals surface area (Å²) in [7, 11) is 0. The highest BCUT2D eigenvalue weighted by atomic mass is 16.4. The highest BCUT2D eigenvalue weighted by molar-refractivity contribution is 5.90. The molecule has 6 rings (SSSR count). The van der Waals surface area contributed by atoms with E-state index < -0.39 is 12.0 Å². The van der Waals surface area contributed by atoms with Gasteiger partial charge < -0.3 is 10.0 Å². The van der Waals surface area contributed by atoms with Crippen molar-refractivity contribution >= 4 is 16.7 Å². The molecule has 4 nitrogen and oxygen atoms in total. The summed E-state index contributed by atoms with van der Waals surface area (Å²) in [5.74, 6) is 0.799. The van der Waals surface area contributed by atoms with Crippen molar-refractivity contribution in [2.24, 2.45) is 11.8 Å². The lowest BCUT2D eigenvalue weighted by atomic mass is 9.87. The van der Waals surface area contributed by atoms with Crippen LogP contribution in [0.3, 0.4) is 0 Å². The van der Waals surface area contributed by atoms with Gasteiger partial charge in [0.2, 0.25) is 0 Å². The summed E-state index contributed by atoms with van der Waals surface area (Å²) < 4.78 is 0. The summed E-state index contributed by atoms with van der Waals surface area (Å²) in [5.41, 5.74) is 3.68. The fraction of sp³-hybridized carbons (Fsp3) is 0.359. The van der Waals surface area contributed by atoms with Crippen molar-refractivity contribution in [1.82, 2.24) is 9.80 Å². The Hall–Kier alpha value is -3.73. The van der Waals surface area contributed by atoms with Gasteiger partial charge in [0.05, 0.1) is 0 Å². The minimum Gasteiger partial charge on any atom is -0.480 e. The molecule has 2 heterocycles. The van der Waals surface area contributed by atoms with Crippen molar-refractivity contribution in [1.29, 1.82) is 0 Å². The van der Waals surface area contributed by atoms with Crippen LogP contribution in [0.4, 0.5) is 0 Å². The predicted molar refractivity (Wildman–Crippen MR) is 178 cm³/mol. The number of likely N-dealkylation sites (tertiary alicyclic amines) is 2. The molecule has 2 saturated heterocycles. The van der Waals surface area contributed by atoms with Gasteiger partial charge in [-0.2, -0.15) is 0 Å². The van der Waals surface area contributed by atoms with Crippen LogP contribution in [0.2, 0.25) is 0 Å². The second kappa shape index (κ2) is 15.1. The Morgan fingerprint density at radius 1 is 0.814 bits per heavy atom. The average molecular weight is 575 g/mol. The number of aliphatic carboxylic acids is 1. The zero-order chi connectivity index (χ0) is 30.0. The van der Waals surface area contributed by atoms with Crippen molar-refractivity contribution < 1.29 is 9.90 Å². The first kappa shape index (κ1) is 30.7. The third kappa shape index (κ3) is 7.62. The van der Waals surface area contributed by atoms with Gasteiger partial charge in [-0.1, -0.05) is 110 Å². The molecule has 224 valence electrons. The van der Waals surface area contributed by atoms with Crippen molar-refractivity contribution in [2.75, 3.05) is 32.7 Å². The second-order valence-corrected chi connectivity index (χ2v) is 12.2. The number of hydrogen-bond acceptors (Lipinski definition) is 3. The minimum absolute atomic E-state index is 0.330. The summed E-state index contributed by atoms with van der Waals surface area (Å²) in [6, 6.07) is 35.2. The Kier molecular flexibility index (Phi) is 10.8. The normalized spacial score (nSPS) is 20.4. The third-order valence-corrected chi connectivity index (χ3v) is 9.53. The maximum absolute atomic E-state index is 12.8. The van der Waals surface area contributed by atoms with E-state index in [9.17, 15) is 9.90 Å². The van der Waals surface area contributed by atoms with E-state index in [1.165, 1.54) is 43.2 Å². The SMILES string of the molecule is C=C.O=C(O)C(c1cccc2ccccc12)N1C[C@H](CN2CCC(CCCc3ccccc3)CC2)[C@@H](c2ccccc2)C1. The van der Waals surface area contributed by atoms with Crippen molar-refractivity contribution in [3.05, 3.63) is 133 Å². The van der Waals surface area contributed by atoms with Crippen molar-refractivity contribution in [3.8, 4) is 0 Å². The van der Waals surface area contributed by atoms with Crippen LogP contribution >= 0.6 is 0 Å². The molecule has 1 N–H and O–H groups in total. The molecule has 0 amide bonds. The molecule has 1 unspecified atom stereocenters. The maximum atomic E-state index is 12.8. The van der Waals surface area contributed by atoms with E-state index in [0.29, 0.717) is 11.8 Å². The zero-order valence-corrected chi connectivity index (χ0v) is 25.4. The van der Waals surface area contributed by atoms with Gasteiger partial charge >= 0.3 is 5.97 Å². The van der Waals surface area contributed by atoms with Crippen LogP contribution in [0.1, 0.15) is 54.3 Å². The van der Waals surface area contributed by atoms with Gasteiger partial charge in [-0.05, 0) is 78.1 Å². The van der Waals surface area contributed by atoms with Crippen LogP contribution in [0.5, 0.6) is 0 Å². The third-order valence-electron chi connectivity index (χ3n) is 9.53. The van der Waals surface area contributed by atoms with E-state index in [0.717, 1.165) is 55.0 Å². The van der Waals surface area contributed by atoms with Gasteiger partial charge in [-0.25, -0.2) is 0 Å². The Balaban J connectivity index is 0.00000180. The highest BCUT2D eigenvalue weighted by Gasteiger charge is 2.41. The van der Waals surface area contributed by atoms with E-state index in [-0.39, 0.29) is 0 Å². The lowest BCUT2D eigenvalue weighted by Gasteiger charge is -2.35. The van der Waals surface area contributed by atoms with Crippen LogP contribution in [0.15, 0.2) is 116 Å². The van der Waals surface area contributed by atoms with Crippen LogP contribution in [-0.4, -0.2) is 53.6 Å². The molecule has 0 bridgehead atoms. The van der Waals surface area contributed by atoms with E-state index >= 15 is 0 Å². The van der Waals surface area contributed by atoms with E-state index in [1.54, 1.807) is 0 Å². The molecule has 2 aliphatic rings. The first-order chi connectivity index (χ1) is 21.2. The number of carboxylic acids is 1. The molecule has 4 aromatic rings. The molecule has 4 heteroatoms. The first-order valence-corrected chi connectivity index (χ1v) is 15.9. The van der Waals surface area contributed by atoms with Gasteiger partial charge in [0, 0.05) is 25.6 Å². The molecule has 4 aromatic carbocycles. The summed E-state index contributed by atoms with van der Waals surface area (Å²) >= 11 is 0. The number of rotatable bonds is 10. The quantitative estimate of drug-likeness (QED) is 0.194. The van der Waals surface area contributed by atoms with Gasteiger partial charge in [-0.3, -0.25) is 9.69 Å². The van der Waals surface area contributed by atoms with Crippen LogP contribution < -0.4 is 0 Å². The lowest BCUT2D eigenvalue weighted by molar-refractivity contribution is -0.143. The van der Waals surface area contributed by atoms with Crippen LogP contribution in [0.25, 0.3) is 10.8 Å². The zero-order valence-electron chi connectivity index (χ0n) is 25.4. The largest absolute Gasteiger partial charge is 0.480 e. The molecule has 43 heavy (non-hydrogen) atoms. The van der Waals surface area contributed by atoms with Gasteiger partial charge in [-0.15, -0.1) is 13.2 Å². The summed E-state index contributed by atoms with van der Waals surface area (Å²) in [6.07, 6.45) is 6.31. The smallest absolute Gasteiger partial charge is 0.325 e. The number of piperidine rings is 1. The average Bonchev–Trinajstić information content (AvgIpc) is 3.46. The molecule has 0 radical (unpaired) electrons. The molecule has 0 spiro atoms. The summed E-state index contributed by atoms with van der Waals surface area (Å²) in [5, 5.41) is 12.7. The maximum Gasteiger partial charge on any atom is 0.325 e. The number of fused-ring (bicyclic) bond motifs is 1. The monoisotopic (exact) mass is 574 g/mol. The number of benzene rings is 4. The number of carboxylic acid groups (broad SMARTS) is 1. The van der Waals surface area contributed by atoms with Crippen molar-refractivity contribution in [2.45, 2.75) is 44.1 Å². The van der Waals surface area contributed by atoms with Crippen molar-refractivity contribution in [3.63, 3.8) is 0 Å². The second-order valence-electron chi connectivity index (χ2n) is 12.2. The van der Waals surface area contributed by atoms with Gasteiger partial charge in [0.1, 0.15) is 6.04 Å². The molecular weight excluding hydrogens is 528 g/mol.